The molecule has 0 radical (unpaired) electrons. The zero-order valence-corrected chi connectivity index (χ0v) is 12.7. The Balaban J connectivity index is 1.83. The minimum absolute atomic E-state index is 0.720. The highest BCUT2D eigenvalue weighted by Crippen LogP contribution is 2.36. The van der Waals surface area contributed by atoms with Gasteiger partial charge in [0.1, 0.15) is 5.75 Å². The van der Waals surface area contributed by atoms with E-state index >= 15 is 0 Å². The van der Waals surface area contributed by atoms with Crippen LogP contribution >= 0.6 is 0 Å². The van der Waals surface area contributed by atoms with Crippen molar-refractivity contribution in [3.8, 4) is 5.75 Å². The second-order valence-corrected chi connectivity index (χ2v) is 5.50. The molecule has 0 atom stereocenters. The van der Waals surface area contributed by atoms with Gasteiger partial charge < -0.3 is 9.47 Å². The van der Waals surface area contributed by atoms with Gasteiger partial charge in [-0.2, -0.15) is 0 Å². The van der Waals surface area contributed by atoms with Crippen molar-refractivity contribution in [2.75, 3.05) is 20.3 Å². The van der Waals surface area contributed by atoms with Crippen LogP contribution in [0.5, 0.6) is 5.75 Å². The fourth-order valence-electron chi connectivity index (χ4n) is 2.99. The maximum absolute atomic E-state index is 5.50. The minimum Gasteiger partial charge on any atom is -0.494 e. The van der Waals surface area contributed by atoms with E-state index in [0.717, 1.165) is 30.8 Å². The van der Waals surface area contributed by atoms with Gasteiger partial charge >= 0.3 is 0 Å². The Labute approximate surface area is 122 Å². The van der Waals surface area contributed by atoms with Gasteiger partial charge in [0.2, 0.25) is 0 Å². The van der Waals surface area contributed by atoms with Crippen LogP contribution in [0.2, 0.25) is 0 Å². The maximum atomic E-state index is 5.50. The molecule has 1 aliphatic carbocycles. The van der Waals surface area contributed by atoms with E-state index in [0.29, 0.717) is 0 Å². The number of allylic oxidation sites excluding steroid dienone is 1. The topological polar surface area (TPSA) is 18.5 Å². The first-order valence-corrected chi connectivity index (χ1v) is 7.71. The first-order valence-electron chi connectivity index (χ1n) is 7.71. The van der Waals surface area contributed by atoms with Gasteiger partial charge in [-0.25, -0.2) is 0 Å². The summed E-state index contributed by atoms with van der Waals surface area (Å²) in [7, 11) is 1.74. The monoisotopic (exact) mass is 274 g/mol. The summed E-state index contributed by atoms with van der Waals surface area (Å²) in [6, 6.07) is 8.67. The molecule has 0 unspecified atom stereocenters. The molecule has 1 saturated carbocycles. The summed E-state index contributed by atoms with van der Waals surface area (Å²) in [5.74, 6) is 2.44. The second kappa shape index (κ2) is 8.11. The highest BCUT2D eigenvalue weighted by atomic mass is 16.5. The highest BCUT2D eigenvalue weighted by molar-refractivity contribution is 5.29. The van der Waals surface area contributed by atoms with Gasteiger partial charge in [0, 0.05) is 7.11 Å². The number of rotatable bonds is 6. The summed E-state index contributed by atoms with van der Waals surface area (Å²) in [4.78, 5) is 0. The van der Waals surface area contributed by atoms with Crippen LogP contribution in [0.4, 0.5) is 0 Å². The quantitative estimate of drug-likeness (QED) is 0.708. The minimum atomic E-state index is 0.720. The summed E-state index contributed by atoms with van der Waals surface area (Å²) in [6.45, 7) is 3.49. The molecule has 1 aromatic carbocycles. The summed E-state index contributed by atoms with van der Waals surface area (Å²) < 4.78 is 10.6. The zero-order valence-electron chi connectivity index (χ0n) is 12.7. The van der Waals surface area contributed by atoms with E-state index in [1.807, 2.05) is 6.92 Å². The fourth-order valence-corrected chi connectivity index (χ4v) is 2.99. The Morgan fingerprint density at radius 3 is 2.40 bits per heavy atom. The lowest BCUT2D eigenvalue weighted by molar-refractivity contribution is 0.233. The standard InChI is InChI=1S/C18H26O2/c1-3-20-18-12-10-17(11-13-18)16-8-6-15(7-9-16)5-4-14-19-2/h4-5,10-13,15-16H,3,6-9,14H2,1-2H3/t15-,16-. The molecule has 20 heavy (non-hydrogen) atoms. The van der Waals surface area contributed by atoms with Gasteiger partial charge in [-0.15, -0.1) is 0 Å². The smallest absolute Gasteiger partial charge is 0.119 e. The largest absolute Gasteiger partial charge is 0.494 e. The zero-order chi connectivity index (χ0) is 14.2. The number of hydrogen-bond donors (Lipinski definition) is 0. The summed E-state index contributed by atoms with van der Waals surface area (Å²) >= 11 is 0. The number of methoxy groups -OCH3 is 1. The van der Waals surface area contributed by atoms with E-state index in [2.05, 4.69) is 36.4 Å². The van der Waals surface area contributed by atoms with Gasteiger partial charge in [0.15, 0.2) is 0 Å². The Bertz CT molecular complexity index is 400. The van der Waals surface area contributed by atoms with Crippen LogP contribution in [0.1, 0.15) is 44.1 Å². The molecule has 0 N–H and O–H groups in total. The third kappa shape index (κ3) is 4.38. The predicted octanol–water partition coefficient (Wildman–Crippen LogP) is 4.56. The van der Waals surface area contributed by atoms with E-state index < -0.39 is 0 Å². The van der Waals surface area contributed by atoms with E-state index in [9.17, 15) is 0 Å². The molecule has 2 heteroatoms. The van der Waals surface area contributed by atoms with E-state index in [1.165, 1.54) is 31.2 Å². The lowest BCUT2D eigenvalue weighted by atomic mass is 9.78. The Morgan fingerprint density at radius 1 is 1.10 bits per heavy atom. The van der Waals surface area contributed by atoms with Crippen molar-refractivity contribution in [1.82, 2.24) is 0 Å². The molecule has 1 aromatic rings. The van der Waals surface area contributed by atoms with Crippen molar-refractivity contribution in [2.45, 2.75) is 38.5 Å². The molecule has 1 aliphatic rings. The van der Waals surface area contributed by atoms with Crippen molar-refractivity contribution in [1.29, 1.82) is 0 Å². The third-order valence-electron chi connectivity index (χ3n) is 4.11. The molecular formula is C18H26O2. The van der Waals surface area contributed by atoms with Gasteiger partial charge in [-0.1, -0.05) is 24.3 Å². The van der Waals surface area contributed by atoms with Crippen LogP contribution in [0.3, 0.4) is 0 Å². The molecule has 1 fully saturated rings. The number of ether oxygens (including phenoxy) is 2. The number of benzene rings is 1. The van der Waals surface area contributed by atoms with Gasteiger partial charge in [0.05, 0.1) is 13.2 Å². The van der Waals surface area contributed by atoms with E-state index in [-0.39, 0.29) is 0 Å². The summed E-state index contributed by atoms with van der Waals surface area (Å²) in [5, 5.41) is 0. The maximum Gasteiger partial charge on any atom is 0.119 e. The first-order chi connectivity index (χ1) is 9.83. The average Bonchev–Trinajstić information content (AvgIpc) is 2.49. The average molecular weight is 274 g/mol. The molecule has 0 heterocycles. The molecule has 2 nitrogen and oxygen atoms in total. The second-order valence-electron chi connectivity index (χ2n) is 5.50. The SMILES string of the molecule is CCOc1ccc([C@H]2CC[C@H](C=CCOC)CC2)cc1. The van der Waals surface area contributed by atoms with Crippen LogP contribution in [0.15, 0.2) is 36.4 Å². The third-order valence-corrected chi connectivity index (χ3v) is 4.11. The highest BCUT2D eigenvalue weighted by Gasteiger charge is 2.20. The lowest BCUT2D eigenvalue weighted by Gasteiger charge is -2.27. The molecule has 0 spiro atoms. The van der Waals surface area contributed by atoms with Crippen molar-refractivity contribution in [3.05, 3.63) is 42.0 Å². The van der Waals surface area contributed by atoms with Crippen LogP contribution < -0.4 is 4.74 Å². The van der Waals surface area contributed by atoms with Crippen molar-refractivity contribution in [2.24, 2.45) is 5.92 Å². The normalized spacial score (nSPS) is 23.1. The molecule has 2 rings (SSSR count). The summed E-state index contributed by atoms with van der Waals surface area (Å²) in [5.41, 5.74) is 1.47. The molecule has 0 aliphatic heterocycles. The number of hydrogen-bond acceptors (Lipinski definition) is 2. The fraction of sp³-hybridized carbons (Fsp3) is 0.556. The Morgan fingerprint density at radius 2 is 1.80 bits per heavy atom. The van der Waals surface area contributed by atoms with Crippen LogP contribution in [-0.4, -0.2) is 20.3 Å². The lowest BCUT2D eigenvalue weighted by Crippen LogP contribution is -2.11. The summed E-state index contributed by atoms with van der Waals surface area (Å²) in [6.07, 6.45) is 9.64. The first kappa shape index (κ1) is 15.1. The van der Waals surface area contributed by atoms with Crippen LogP contribution in [-0.2, 0) is 4.74 Å². The molecule has 110 valence electrons. The predicted molar refractivity (Wildman–Crippen MR) is 83.3 cm³/mol. The molecular weight excluding hydrogens is 248 g/mol. The molecule has 0 saturated heterocycles. The van der Waals surface area contributed by atoms with E-state index in [1.54, 1.807) is 7.11 Å². The molecule has 0 amide bonds. The van der Waals surface area contributed by atoms with Gasteiger partial charge in [-0.3, -0.25) is 0 Å². The van der Waals surface area contributed by atoms with E-state index in [4.69, 9.17) is 9.47 Å². The Hall–Kier alpha value is -1.28. The van der Waals surface area contributed by atoms with Crippen molar-refractivity contribution < 1.29 is 9.47 Å². The van der Waals surface area contributed by atoms with Crippen LogP contribution in [0.25, 0.3) is 0 Å². The van der Waals surface area contributed by atoms with Gasteiger partial charge in [-0.05, 0) is 62.1 Å². The molecule has 0 aromatic heterocycles. The van der Waals surface area contributed by atoms with Gasteiger partial charge in [0.25, 0.3) is 0 Å². The molecule has 0 bridgehead atoms. The Kier molecular flexibility index (Phi) is 6.13. The van der Waals surface area contributed by atoms with Crippen LogP contribution in [0, 0.1) is 5.92 Å². The van der Waals surface area contributed by atoms with Crippen molar-refractivity contribution in [3.63, 3.8) is 0 Å². The van der Waals surface area contributed by atoms with Crippen molar-refractivity contribution >= 4 is 0 Å².